The highest BCUT2D eigenvalue weighted by Crippen LogP contribution is 2.42. The lowest BCUT2D eigenvalue weighted by Crippen LogP contribution is -2.41. The molecule has 1 unspecified atom stereocenters. The van der Waals surface area contributed by atoms with Crippen molar-refractivity contribution in [3.63, 3.8) is 0 Å². The summed E-state index contributed by atoms with van der Waals surface area (Å²) < 4.78 is 0. The molecule has 1 aliphatic rings. The van der Waals surface area contributed by atoms with Crippen LogP contribution in [0.2, 0.25) is 5.02 Å². The fourth-order valence-corrected chi connectivity index (χ4v) is 2.27. The van der Waals surface area contributed by atoms with Crippen LogP contribution in [0.5, 0.6) is 0 Å². The third-order valence-corrected chi connectivity index (χ3v) is 3.53. The summed E-state index contributed by atoms with van der Waals surface area (Å²) in [6, 6.07) is 5.18. The molecule has 2 rings (SSSR count). The van der Waals surface area contributed by atoms with E-state index in [0.29, 0.717) is 10.6 Å². The molecule has 0 saturated heterocycles. The van der Waals surface area contributed by atoms with Crippen molar-refractivity contribution in [2.75, 3.05) is 11.9 Å². The normalized spacial score (nSPS) is 23.5. The molecule has 4 heteroatoms. The number of amides is 1. The number of ketones is 1. The summed E-state index contributed by atoms with van der Waals surface area (Å²) in [7, 11) is 1.67. The number of likely N-dealkylation sites (N-methyl/N-ethyl adjacent to an activating group) is 1. The van der Waals surface area contributed by atoms with Crippen LogP contribution in [0.1, 0.15) is 19.4 Å². The molecule has 1 amide bonds. The van der Waals surface area contributed by atoms with Crippen molar-refractivity contribution in [1.29, 1.82) is 0 Å². The molecule has 1 heterocycles. The topological polar surface area (TPSA) is 37.4 Å². The maximum atomic E-state index is 12.1. The largest absolute Gasteiger partial charge is 0.314 e. The lowest BCUT2D eigenvalue weighted by atomic mass is 9.80. The van der Waals surface area contributed by atoms with E-state index in [2.05, 4.69) is 0 Å². The van der Waals surface area contributed by atoms with Crippen LogP contribution in [-0.4, -0.2) is 18.7 Å². The first-order chi connectivity index (χ1) is 7.39. The molecule has 0 spiro atoms. The Kier molecular flexibility index (Phi) is 2.31. The van der Waals surface area contributed by atoms with Gasteiger partial charge in [-0.15, -0.1) is 0 Å². The van der Waals surface area contributed by atoms with Gasteiger partial charge >= 0.3 is 0 Å². The maximum absolute atomic E-state index is 12.1. The highest BCUT2D eigenvalue weighted by molar-refractivity contribution is 6.31. The second kappa shape index (κ2) is 3.32. The molecule has 0 N–H and O–H groups in total. The average molecular weight is 238 g/mol. The van der Waals surface area contributed by atoms with Gasteiger partial charge in [0.15, 0.2) is 0 Å². The van der Waals surface area contributed by atoms with E-state index in [1.807, 2.05) is 0 Å². The average Bonchev–Trinajstić information content (AvgIpc) is 2.42. The lowest BCUT2D eigenvalue weighted by molar-refractivity contribution is -0.132. The van der Waals surface area contributed by atoms with Crippen LogP contribution in [0.25, 0.3) is 0 Å². The van der Waals surface area contributed by atoms with Gasteiger partial charge in [0.05, 0.1) is 0 Å². The zero-order valence-corrected chi connectivity index (χ0v) is 10.1. The first-order valence-corrected chi connectivity index (χ1v) is 5.36. The van der Waals surface area contributed by atoms with Gasteiger partial charge in [0.25, 0.3) is 0 Å². The minimum atomic E-state index is -1.09. The quantitative estimate of drug-likeness (QED) is 0.702. The number of anilines is 1. The number of Topliss-reactive ketones (excluding diaryl/α,β-unsaturated/α-hetero) is 1. The zero-order chi connectivity index (χ0) is 12.1. The molecule has 0 fully saturated rings. The molecular formula is C12H12ClNO2. The van der Waals surface area contributed by atoms with Crippen LogP contribution in [0, 0.1) is 0 Å². The second-order valence-corrected chi connectivity index (χ2v) is 4.64. The number of halogens is 1. The molecule has 0 saturated carbocycles. The van der Waals surface area contributed by atoms with Gasteiger partial charge < -0.3 is 4.90 Å². The van der Waals surface area contributed by atoms with Crippen molar-refractivity contribution < 1.29 is 9.59 Å². The van der Waals surface area contributed by atoms with Crippen molar-refractivity contribution in [3.8, 4) is 0 Å². The summed E-state index contributed by atoms with van der Waals surface area (Å²) in [5.74, 6) is -0.359. The van der Waals surface area contributed by atoms with Gasteiger partial charge in [-0.25, -0.2) is 0 Å². The summed E-state index contributed by atoms with van der Waals surface area (Å²) in [5.41, 5.74) is 0.363. The van der Waals surface area contributed by atoms with Gasteiger partial charge in [-0.05, 0) is 32.0 Å². The Balaban J connectivity index is 2.74. The van der Waals surface area contributed by atoms with Crippen LogP contribution < -0.4 is 4.90 Å². The number of hydrogen-bond acceptors (Lipinski definition) is 2. The summed E-state index contributed by atoms with van der Waals surface area (Å²) in [6.45, 7) is 3.08. The number of rotatable bonds is 1. The third-order valence-electron chi connectivity index (χ3n) is 3.30. The molecule has 84 valence electrons. The van der Waals surface area contributed by atoms with Gasteiger partial charge in [-0.1, -0.05) is 11.6 Å². The van der Waals surface area contributed by atoms with E-state index in [1.165, 1.54) is 11.8 Å². The van der Waals surface area contributed by atoms with Crippen LogP contribution >= 0.6 is 11.6 Å². The first-order valence-electron chi connectivity index (χ1n) is 4.98. The van der Waals surface area contributed by atoms with Crippen molar-refractivity contribution >= 4 is 29.0 Å². The van der Waals surface area contributed by atoms with E-state index in [0.717, 1.165) is 5.69 Å². The minimum Gasteiger partial charge on any atom is -0.314 e. The van der Waals surface area contributed by atoms with Crippen LogP contribution in [-0.2, 0) is 15.0 Å². The van der Waals surface area contributed by atoms with E-state index in [4.69, 9.17) is 11.6 Å². The molecule has 0 aliphatic carbocycles. The third kappa shape index (κ3) is 1.21. The molecule has 0 radical (unpaired) electrons. The minimum absolute atomic E-state index is 0.162. The van der Waals surface area contributed by atoms with Gasteiger partial charge in [-0.2, -0.15) is 0 Å². The predicted molar refractivity (Wildman–Crippen MR) is 62.9 cm³/mol. The highest BCUT2D eigenvalue weighted by atomic mass is 35.5. The Morgan fingerprint density at radius 2 is 2.06 bits per heavy atom. The monoisotopic (exact) mass is 237 g/mol. The van der Waals surface area contributed by atoms with Gasteiger partial charge in [0, 0.05) is 23.3 Å². The number of nitrogens with zero attached hydrogens (tertiary/aromatic N) is 1. The van der Waals surface area contributed by atoms with E-state index in [1.54, 1.807) is 32.2 Å². The number of benzene rings is 1. The lowest BCUT2D eigenvalue weighted by Gasteiger charge is -2.19. The highest BCUT2D eigenvalue weighted by Gasteiger charge is 2.49. The van der Waals surface area contributed by atoms with Crippen molar-refractivity contribution in [2.45, 2.75) is 19.3 Å². The molecular weight excluding hydrogens is 226 g/mol. The van der Waals surface area contributed by atoms with E-state index in [-0.39, 0.29) is 11.7 Å². The summed E-state index contributed by atoms with van der Waals surface area (Å²) >= 11 is 5.91. The molecule has 1 atom stereocenters. The van der Waals surface area contributed by atoms with Crippen molar-refractivity contribution in [1.82, 2.24) is 0 Å². The fraction of sp³-hybridized carbons (Fsp3) is 0.333. The molecule has 16 heavy (non-hydrogen) atoms. The Bertz CT molecular complexity index is 498. The number of hydrogen-bond donors (Lipinski definition) is 0. The fourth-order valence-electron chi connectivity index (χ4n) is 2.10. The molecule has 3 nitrogen and oxygen atoms in total. The summed E-state index contributed by atoms with van der Waals surface area (Å²) in [5, 5.41) is 0.536. The standard InChI is InChI=1S/C12H12ClNO2/c1-7(15)12(2)9-6-8(13)4-5-10(9)14(3)11(12)16/h4-6H,1-3H3. The molecule has 1 aliphatic heterocycles. The smallest absolute Gasteiger partial charge is 0.244 e. The first kappa shape index (κ1) is 11.1. The zero-order valence-electron chi connectivity index (χ0n) is 9.37. The Morgan fingerprint density at radius 1 is 1.44 bits per heavy atom. The SMILES string of the molecule is CC(=O)C1(C)C(=O)N(C)c2ccc(Cl)cc21. The van der Waals surface area contributed by atoms with E-state index < -0.39 is 5.41 Å². The number of carbonyl (C=O) groups excluding carboxylic acids is 2. The Labute approximate surface area is 99.0 Å². The number of carbonyl (C=O) groups is 2. The molecule has 0 bridgehead atoms. The van der Waals surface area contributed by atoms with Crippen LogP contribution in [0.15, 0.2) is 18.2 Å². The van der Waals surface area contributed by atoms with E-state index in [9.17, 15) is 9.59 Å². The van der Waals surface area contributed by atoms with Crippen molar-refractivity contribution in [3.05, 3.63) is 28.8 Å². The van der Waals surface area contributed by atoms with Crippen LogP contribution in [0.4, 0.5) is 5.69 Å². The predicted octanol–water partition coefficient (Wildman–Crippen LogP) is 2.16. The summed E-state index contributed by atoms with van der Waals surface area (Å²) in [4.78, 5) is 25.3. The maximum Gasteiger partial charge on any atom is 0.244 e. The van der Waals surface area contributed by atoms with E-state index >= 15 is 0 Å². The molecule has 0 aromatic heterocycles. The molecule has 1 aromatic rings. The van der Waals surface area contributed by atoms with Gasteiger partial charge in [0.2, 0.25) is 5.91 Å². The van der Waals surface area contributed by atoms with Gasteiger partial charge in [0.1, 0.15) is 11.2 Å². The van der Waals surface area contributed by atoms with Gasteiger partial charge in [-0.3, -0.25) is 9.59 Å². The Hall–Kier alpha value is -1.35. The van der Waals surface area contributed by atoms with Crippen LogP contribution in [0.3, 0.4) is 0 Å². The number of fused-ring (bicyclic) bond motifs is 1. The Morgan fingerprint density at radius 3 is 2.62 bits per heavy atom. The van der Waals surface area contributed by atoms with Crippen molar-refractivity contribution in [2.24, 2.45) is 0 Å². The molecule has 1 aromatic carbocycles. The summed E-state index contributed by atoms with van der Waals surface area (Å²) in [6.07, 6.45) is 0. The second-order valence-electron chi connectivity index (χ2n) is 4.21.